The second-order valence-corrected chi connectivity index (χ2v) is 7.94. The van der Waals surface area contributed by atoms with Gasteiger partial charge in [-0.25, -0.2) is 15.0 Å². The molecule has 0 aliphatic heterocycles. The summed E-state index contributed by atoms with van der Waals surface area (Å²) in [6.07, 6.45) is 0. The van der Waals surface area contributed by atoms with Crippen molar-refractivity contribution in [2.24, 2.45) is 0 Å². The summed E-state index contributed by atoms with van der Waals surface area (Å²) in [6.45, 7) is 10.7. The van der Waals surface area contributed by atoms with Crippen molar-refractivity contribution >= 4 is 33.1 Å². The Bertz CT molecular complexity index is 644. The zero-order chi connectivity index (χ0) is 15.8. The molecule has 0 aromatic carbocycles. The molecule has 21 heavy (non-hydrogen) atoms. The van der Waals surface area contributed by atoms with Crippen LogP contribution in [0.3, 0.4) is 0 Å². The predicted molar refractivity (Wildman–Crippen MR) is 93.2 cm³/mol. The number of hydrogen-bond donors (Lipinski definition) is 1. The van der Waals surface area contributed by atoms with Crippen LogP contribution in [0.2, 0.25) is 0 Å². The van der Waals surface area contributed by atoms with E-state index in [0.29, 0.717) is 11.7 Å². The van der Waals surface area contributed by atoms with Gasteiger partial charge in [-0.3, -0.25) is 0 Å². The van der Waals surface area contributed by atoms with Gasteiger partial charge in [-0.1, -0.05) is 34.6 Å². The highest BCUT2D eigenvalue weighted by Gasteiger charge is 2.21. The molecule has 2 heterocycles. The molecule has 2 rings (SSSR count). The summed E-state index contributed by atoms with van der Waals surface area (Å²) in [5, 5.41) is 6.25. The van der Waals surface area contributed by atoms with E-state index < -0.39 is 0 Å². The summed E-state index contributed by atoms with van der Waals surface area (Å²) in [5.74, 6) is 1.79. The lowest BCUT2D eigenvalue weighted by Gasteiger charge is -2.14. The lowest BCUT2D eigenvalue weighted by molar-refractivity contribution is 0.586. The first-order valence-electron chi connectivity index (χ1n) is 6.95. The molecule has 0 amide bonds. The van der Waals surface area contributed by atoms with Gasteiger partial charge in [0.25, 0.3) is 0 Å². The maximum absolute atomic E-state index is 4.71. The molecule has 0 atom stereocenters. The molecule has 0 bridgehead atoms. The molecule has 1 N–H and O–H groups in total. The van der Waals surface area contributed by atoms with E-state index >= 15 is 0 Å². The Balaban J connectivity index is 2.54. The molecule has 0 fully saturated rings. The fourth-order valence-corrected chi connectivity index (χ4v) is 3.57. The Morgan fingerprint density at radius 3 is 2.33 bits per heavy atom. The van der Waals surface area contributed by atoms with E-state index in [0.717, 1.165) is 26.7 Å². The topological polar surface area (TPSA) is 50.7 Å². The van der Waals surface area contributed by atoms with Gasteiger partial charge in [0.2, 0.25) is 0 Å². The van der Waals surface area contributed by atoms with Crippen LogP contribution >= 0.6 is 27.3 Å². The van der Waals surface area contributed by atoms with Crippen molar-refractivity contribution in [1.29, 1.82) is 0 Å². The summed E-state index contributed by atoms with van der Waals surface area (Å²) in [7, 11) is 1.86. The van der Waals surface area contributed by atoms with E-state index in [2.05, 4.69) is 60.8 Å². The number of anilines is 1. The maximum Gasteiger partial charge on any atom is 0.181 e. The quantitative estimate of drug-likeness (QED) is 0.842. The summed E-state index contributed by atoms with van der Waals surface area (Å²) >= 11 is 5.24. The van der Waals surface area contributed by atoms with E-state index in [9.17, 15) is 0 Å². The Kier molecular flexibility index (Phi) is 4.68. The van der Waals surface area contributed by atoms with Gasteiger partial charge in [0.1, 0.15) is 11.5 Å². The van der Waals surface area contributed by atoms with Crippen molar-refractivity contribution in [3.05, 3.63) is 20.6 Å². The van der Waals surface area contributed by atoms with Gasteiger partial charge in [0.05, 0.1) is 15.2 Å². The van der Waals surface area contributed by atoms with Crippen LogP contribution in [-0.4, -0.2) is 22.0 Å². The monoisotopic (exact) mass is 368 g/mol. The highest BCUT2D eigenvalue weighted by atomic mass is 79.9. The van der Waals surface area contributed by atoms with Crippen LogP contribution in [-0.2, 0) is 5.41 Å². The van der Waals surface area contributed by atoms with Crippen molar-refractivity contribution in [3.63, 3.8) is 0 Å². The second-order valence-electron chi connectivity index (χ2n) is 6.29. The van der Waals surface area contributed by atoms with Crippen LogP contribution in [0.25, 0.3) is 11.5 Å². The van der Waals surface area contributed by atoms with Gasteiger partial charge < -0.3 is 5.32 Å². The molecule has 0 saturated heterocycles. The molecule has 0 aliphatic rings. The first kappa shape index (κ1) is 16.4. The summed E-state index contributed by atoms with van der Waals surface area (Å²) in [4.78, 5) is 14.0. The van der Waals surface area contributed by atoms with Gasteiger partial charge in [-0.2, -0.15) is 0 Å². The molecule has 0 spiro atoms. The lowest BCUT2D eigenvalue weighted by Crippen LogP contribution is -2.10. The van der Waals surface area contributed by atoms with Crippen LogP contribution in [0.5, 0.6) is 0 Å². The molecule has 0 saturated carbocycles. The van der Waals surface area contributed by atoms with Crippen LogP contribution in [0.15, 0.2) is 9.85 Å². The average molecular weight is 369 g/mol. The molecule has 0 unspecified atom stereocenters. The number of aromatic nitrogens is 3. The first-order chi connectivity index (χ1) is 9.74. The fourth-order valence-electron chi connectivity index (χ4n) is 1.85. The minimum atomic E-state index is 0.0466. The lowest BCUT2D eigenvalue weighted by atomic mass is 9.98. The van der Waals surface area contributed by atoms with Gasteiger partial charge in [0, 0.05) is 17.8 Å². The zero-order valence-electron chi connectivity index (χ0n) is 13.3. The van der Waals surface area contributed by atoms with Crippen LogP contribution < -0.4 is 5.32 Å². The number of rotatable bonds is 3. The third-order valence-corrected chi connectivity index (χ3v) is 5.09. The van der Waals surface area contributed by atoms with Crippen molar-refractivity contribution in [2.75, 3.05) is 12.4 Å². The molecular formula is C15H21BrN4S. The minimum Gasteiger partial charge on any atom is -0.372 e. The first-order valence-corrected chi connectivity index (χ1v) is 8.63. The Morgan fingerprint density at radius 2 is 1.86 bits per heavy atom. The van der Waals surface area contributed by atoms with E-state index in [4.69, 9.17) is 9.97 Å². The third kappa shape index (κ3) is 3.43. The zero-order valence-corrected chi connectivity index (χ0v) is 15.7. The van der Waals surface area contributed by atoms with E-state index in [1.165, 1.54) is 0 Å². The molecule has 0 radical (unpaired) electrons. The van der Waals surface area contributed by atoms with Gasteiger partial charge >= 0.3 is 0 Å². The van der Waals surface area contributed by atoms with Crippen LogP contribution in [0, 0.1) is 0 Å². The maximum atomic E-state index is 4.71. The normalized spacial score (nSPS) is 12.0. The second kappa shape index (κ2) is 6.01. The Morgan fingerprint density at radius 1 is 1.19 bits per heavy atom. The number of hydrogen-bond acceptors (Lipinski definition) is 5. The molecular weight excluding hydrogens is 348 g/mol. The molecule has 2 aromatic heterocycles. The molecule has 2 aromatic rings. The molecule has 114 valence electrons. The summed E-state index contributed by atoms with van der Waals surface area (Å²) in [5.41, 5.74) is 1.89. The highest BCUT2D eigenvalue weighted by molar-refractivity contribution is 9.10. The predicted octanol–water partition coefficient (Wildman–Crippen LogP) is 4.83. The standard InChI is InChI=1S/C15H21BrN4S/c1-8(2)11-10(16)13(17-6)20-12(19-11)9-7-21-14(18-9)15(3,4)5/h7-8H,1-6H3,(H,17,19,20). The minimum absolute atomic E-state index is 0.0466. The molecule has 4 nitrogen and oxygen atoms in total. The number of nitrogens with one attached hydrogen (secondary N) is 1. The van der Waals surface area contributed by atoms with Gasteiger partial charge in [-0.15, -0.1) is 11.3 Å². The largest absolute Gasteiger partial charge is 0.372 e. The van der Waals surface area contributed by atoms with Gasteiger partial charge in [-0.05, 0) is 21.8 Å². The van der Waals surface area contributed by atoms with Crippen molar-refractivity contribution in [3.8, 4) is 11.5 Å². The van der Waals surface area contributed by atoms with Crippen molar-refractivity contribution in [2.45, 2.75) is 46.0 Å². The Labute approximate surface area is 138 Å². The number of nitrogens with zero attached hydrogens (tertiary/aromatic N) is 3. The third-order valence-electron chi connectivity index (χ3n) is 3.04. The summed E-state index contributed by atoms with van der Waals surface area (Å²) < 4.78 is 0.926. The van der Waals surface area contributed by atoms with E-state index in [1.54, 1.807) is 11.3 Å². The summed E-state index contributed by atoms with van der Waals surface area (Å²) in [6, 6.07) is 0. The molecule has 6 heteroatoms. The highest BCUT2D eigenvalue weighted by Crippen LogP contribution is 2.33. The smallest absolute Gasteiger partial charge is 0.181 e. The van der Waals surface area contributed by atoms with E-state index in [1.807, 2.05) is 12.4 Å². The Hall–Kier alpha value is -1.01. The van der Waals surface area contributed by atoms with Crippen molar-refractivity contribution in [1.82, 2.24) is 15.0 Å². The van der Waals surface area contributed by atoms with Crippen molar-refractivity contribution < 1.29 is 0 Å². The average Bonchev–Trinajstić information content (AvgIpc) is 2.88. The number of halogens is 1. The van der Waals surface area contributed by atoms with Gasteiger partial charge in [0.15, 0.2) is 5.82 Å². The van der Waals surface area contributed by atoms with E-state index in [-0.39, 0.29) is 5.41 Å². The molecule has 0 aliphatic carbocycles. The van der Waals surface area contributed by atoms with Crippen LogP contribution in [0.1, 0.15) is 51.2 Å². The number of thiazole rings is 1. The fraction of sp³-hybridized carbons (Fsp3) is 0.533. The SMILES string of the molecule is CNc1nc(-c2csc(C(C)(C)C)n2)nc(C(C)C)c1Br. The van der Waals surface area contributed by atoms with Crippen LogP contribution in [0.4, 0.5) is 5.82 Å².